The van der Waals surface area contributed by atoms with Gasteiger partial charge in [-0.1, -0.05) is 0 Å². The summed E-state index contributed by atoms with van der Waals surface area (Å²) in [6.45, 7) is 0. The minimum atomic E-state index is -0.227. The lowest BCUT2D eigenvalue weighted by Gasteiger charge is -2.14. The first-order valence-corrected chi connectivity index (χ1v) is 9.10. The van der Waals surface area contributed by atoms with Crippen LogP contribution in [-0.2, 0) is 0 Å². The summed E-state index contributed by atoms with van der Waals surface area (Å²) in [5.74, 6) is 1.82. The van der Waals surface area contributed by atoms with Crippen LogP contribution in [0.2, 0.25) is 0 Å². The van der Waals surface area contributed by atoms with E-state index in [1.54, 1.807) is 24.3 Å². The molecule has 8 nitrogen and oxygen atoms in total. The fraction of sp³-hybridized carbons (Fsp3) is 0.364. The number of carbonyl (C=O) groups is 2. The monoisotopic (exact) mass is 418 g/mol. The van der Waals surface area contributed by atoms with Gasteiger partial charge in [-0.25, -0.2) is 0 Å². The average Bonchev–Trinajstić information content (AvgIpc) is 2.79. The van der Waals surface area contributed by atoms with Gasteiger partial charge >= 0.3 is 0 Å². The Morgan fingerprint density at radius 1 is 0.533 bits per heavy atom. The zero-order valence-electron chi connectivity index (χ0n) is 18.0. The summed E-state index contributed by atoms with van der Waals surface area (Å²) in [7, 11) is 8.86. The van der Waals surface area contributed by atoms with Crippen LogP contribution in [0.15, 0.2) is 24.3 Å². The summed E-state index contributed by atoms with van der Waals surface area (Å²) in [5.41, 5.74) is 0.726. The van der Waals surface area contributed by atoms with E-state index in [0.717, 1.165) is 0 Å². The van der Waals surface area contributed by atoms with Crippen LogP contribution in [0.5, 0.6) is 34.5 Å². The van der Waals surface area contributed by atoms with E-state index in [1.165, 1.54) is 42.7 Å². The smallest absolute Gasteiger partial charge is 0.203 e. The van der Waals surface area contributed by atoms with Crippen LogP contribution in [0, 0.1) is 0 Å². The van der Waals surface area contributed by atoms with Gasteiger partial charge in [-0.15, -0.1) is 0 Å². The number of methoxy groups -OCH3 is 6. The molecule has 0 bridgehead atoms. The number of ketones is 2. The van der Waals surface area contributed by atoms with Gasteiger partial charge in [0.25, 0.3) is 0 Å². The maximum Gasteiger partial charge on any atom is 0.203 e. The van der Waals surface area contributed by atoms with Crippen molar-refractivity contribution >= 4 is 11.6 Å². The Labute approximate surface area is 175 Å². The Hall–Kier alpha value is -3.42. The lowest BCUT2D eigenvalue weighted by molar-refractivity contribution is 0.0917. The van der Waals surface area contributed by atoms with Gasteiger partial charge in [0.1, 0.15) is 0 Å². The Kier molecular flexibility index (Phi) is 7.91. The van der Waals surface area contributed by atoms with Gasteiger partial charge in [-0.3, -0.25) is 9.59 Å². The third-order valence-electron chi connectivity index (χ3n) is 4.55. The molecule has 0 saturated carbocycles. The van der Waals surface area contributed by atoms with Crippen molar-refractivity contribution in [3.63, 3.8) is 0 Å². The second kappa shape index (κ2) is 10.4. The summed E-state index contributed by atoms with van der Waals surface area (Å²) in [4.78, 5) is 25.4. The Bertz CT molecular complexity index is 794. The highest BCUT2D eigenvalue weighted by molar-refractivity contribution is 6.03. The maximum absolute atomic E-state index is 12.7. The number of benzene rings is 2. The molecule has 0 aliphatic rings. The van der Waals surface area contributed by atoms with Crippen molar-refractivity contribution in [3.8, 4) is 34.5 Å². The van der Waals surface area contributed by atoms with E-state index in [9.17, 15) is 9.59 Å². The summed E-state index contributed by atoms with van der Waals surface area (Å²) < 4.78 is 31.6. The first kappa shape index (κ1) is 22.9. The molecular weight excluding hydrogens is 392 g/mol. The van der Waals surface area contributed by atoms with Gasteiger partial charge < -0.3 is 28.4 Å². The first-order chi connectivity index (χ1) is 14.4. The van der Waals surface area contributed by atoms with Crippen LogP contribution in [0.25, 0.3) is 0 Å². The molecule has 0 radical (unpaired) electrons. The highest BCUT2D eigenvalue weighted by Crippen LogP contribution is 2.39. The Morgan fingerprint density at radius 2 is 0.800 bits per heavy atom. The van der Waals surface area contributed by atoms with Crippen molar-refractivity contribution in [3.05, 3.63) is 35.4 Å². The molecule has 30 heavy (non-hydrogen) atoms. The SMILES string of the molecule is COc1cc(C(=O)CCC(=O)c2cc(OC)c(OC)c(OC)c2)cc(OC)c1OC. The predicted molar refractivity (Wildman–Crippen MR) is 110 cm³/mol. The summed E-state index contributed by atoms with van der Waals surface area (Å²) in [6, 6.07) is 6.25. The number of carbonyl (C=O) groups excluding carboxylic acids is 2. The van der Waals surface area contributed by atoms with Gasteiger partial charge in [-0.2, -0.15) is 0 Å². The number of hydrogen-bond acceptors (Lipinski definition) is 8. The second-order valence-electron chi connectivity index (χ2n) is 6.17. The van der Waals surface area contributed by atoms with Gasteiger partial charge in [0.15, 0.2) is 34.6 Å². The maximum atomic E-state index is 12.7. The van der Waals surface area contributed by atoms with E-state index in [4.69, 9.17) is 28.4 Å². The van der Waals surface area contributed by atoms with Gasteiger partial charge in [-0.05, 0) is 24.3 Å². The minimum absolute atomic E-state index is 0.00807. The zero-order valence-corrected chi connectivity index (χ0v) is 18.0. The number of hydrogen-bond donors (Lipinski definition) is 0. The van der Waals surface area contributed by atoms with E-state index in [2.05, 4.69) is 0 Å². The predicted octanol–water partition coefficient (Wildman–Crippen LogP) is 3.58. The molecule has 0 N–H and O–H groups in total. The van der Waals surface area contributed by atoms with Crippen molar-refractivity contribution in [2.45, 2.75) is 12.8 Å². The lowest BCUT2D eigenvalue weighted by Crippen LogP contribution is -2.07. The molecule has 0 atom stereocenters. The molecule has 2 rings (SSSR count). The van der Waals surface area contributed by atoms with E-state index in [-0.39, 0.29) is 24.4 Å². The van der Waals surface area contributed by atoms with E-state index >= 15 is 0 Å². The standard InChI is InChI=1S/C22H26O8/c1-25-17-9-13(10-18(26-2)21(17)29-5)15(23)7-8-16(24)14-11-19(27-3)22(30-6)20(12-14)28-4/h9-12H,7-8H2,1-6H3. The van der Waals surface area contributed by atoms with Crippen LogP contribution in [-0.4, -0.2) is 54.2 Å². The molecule has 0 aromatic heterocycles. The molecule has 0 amide bonds. The molecular formula is C22H26O8. The molecule has 0 spiro atoms. The van der Waals surface area contributed by atoms with Gasteiger partial charge in [0.2, 0.25) is 11.5 Å². The molecule has 0 saturated heterocycles. The molecule has 0 fully saturated rings. The van der Waals surface area contributed by atoms with Crippen LogP contribution < -0.4 is 28.4 Å². The second-order valence-corrected chi connectivity index (χ2v) is 6.17. The van der Waals surface area contributed by atoms with Crippen LogP contribution in [0.1, 0.15) is 33.6 Å². The molecule has 162 valence electrons. The topological polar surface area (TPSA) is 89.5 Å². The fourth-order valence-corrected chi connectivity index (χ4v) is 3.00. The van der Waals surface area contributed by atoms with Crippen molar-refractivity contribution in [1.82, 2.24) is 0 Å². The minimum Gasteiger partial charge on any atom is -0.493 e. The molecule has 8 heteroatoms. The Balaban J connectivity index is 2.21. The zero-order chi connectivity index (χ0) is 22.3. The van der Waals surface area contributed by atoms with Crippen LogP contribution in [0.3, 0.4) is 0 Å². The quantitative estimate of drug-likeness (QED) is 0.512. The number of Topliss-reactive ketones (excluding diaryl/α,β-unsaturated/α-hetero) is 2. The molecule has 0 aliphatic heterocycles. The molecule has 0 heterocycles. The van der Waals surface area contributed by atoms with Crippen LogP contribution >= 0.6 is 0 Å². The molecule has 0 aliphatic carbocycles. The third kappa shape index (κ3) is 4.76. The summed E-state index contributed by atoms with van der Waals surface area (Å²) in [5, 5.41) is 0. The molecule has 0 unspecified atom stereocenters. The van der Waals surface area contributed by atoms with E-state index in [1.807, 2.05) is 0 Å². The van der Waals surface area contributed by atoms with Crippen molar-refractivity contribution in [2.75, 3.05) is 42.7 Å². The van der Waals surface area contributed by atoms with E-state index < -0.39 is 0 Å². The third-order valence-corrected chi connectivity index (χ3v) is 4.55. The lowest BCUT2D eigenvalue weighted by atomic mass is 10.0. The van der Waals surface area contributed by atoms with Crippen molar-refractivity contribution in [2.24, 2.45) is 0 Å². The normalized spacial score (nSPS) is 10.2. The number of ether oxygens (including phenoxy) is 6. The Morgan fingerprint density at radius 3 is 1.00 bits per heavy atom. The van der Waals surface area contributed by atoms with Crippen LogP contribution in [0.4, 0.5) is 0 Å². The van der Waals surface area contributed by atoms with E-state index in [0.29, 0.717) is 45.6 Å². The summed E-state index contributed by atoms with van der Waals surface area (Å²) >= 11 is 0. The average molecular weight is 418 g/mol. The highest BCUT2D eigenvalue weighted by atomic mass is 16.5. The molecule has 2 aromatic rings. The number of rotatable bonds is 11. The van der Waals surface area contributed by atoms with Crippen molar-refractivity contribution < 1.29 is 38.0 Å². The fourth-order valence-electron chi connectivity index (χ4n) is 3.00. The first-order valence-electron chi connectivity index (χ1n) is 9.10. The van der Waals surface area contributed by atoms with Gasteiger partial charge in [0.05, 0.1) is 42.7 Å². The largest absolute Gasteiger partial charge is 0.493 e. The molecule has 2 aromatic carbocycles. The summed E-state index contributed by atoms with van der Waals surface area (Å²) in [6.07, 6.45) is 0.0161. The van der Waals surface area contributed by atoms with Gasteiger partial charge in [0, 0.05) is 24.0 Å². The highest BCUT2D eigenvalue weighted by Gasteiger charge is 2.20. The van der Waals surface area contributed by atoms with Crippen molar-refractivity contribution in [1.29, 1.82) is 0 Å².